The first-order valence-corrected chi connectivity index (χ1v) is 16.5. The minimum absolute atomic E-state index is 0.0142. The number of aryl methyl sites for hydroxylation is 1. The smallest absolute Gasteiger partial charge is 0.322 e. The largest absolute Gasteiger partial charge is 0.510 e. The molecule has 13 nitrogen and oxygen atoms in total. The lowest BCUT2D eigenvalue weighted by molar-refractivity contribution is -0.148. The number of rotatable bonds is 7. The zero-order valence-electron chi connectivity index (χ0n) is 29.8. The maximum absolute atomic E-state index is 14.5. The molecule has 5 rings (SSSR count). The fourth-order valence-corrected chi connectivity index (χ4v) is 7.69. The van der Waals surface area contributed by atoms with Crippen molar-refractivity contribution in [2.75, 3.05) is 45.0 Å². The van der Waals surface area contributed by atoms with E-state index in [4.69, 9.17) is 5.73 Å². The summed E-state index contributed by atoms with van der Waals surface area (Å²) in [5, 5.41) is 49.4. The molecule has 50 heavy (non-hydrogen) atoms. The average Bonchev–Trinajstić information content (AvgIpc) is 2.99. The number of primary amides is 1. The molecule has 0 saturated heterocycles. The summed E-state index contributed by atoms with van der Waals surface area (Å²) < 4.78 is 0. The van der Waals surface area contributed by atoms with Gasteiger partial charge >= 0.3 is 6.03 Å². The molecule has 3 aliphatic carbocycles. The Bertz CT molecular complexity index is 1840. The van der Waals surface area contributed by atoms with Crippen molar-refractivity contribution >= 4 is 34.9 Å². The fourth-order valence-electron chi connectivity index (χ4n) is 7.69. The van der Waals surface area contributed by atoms with Crippen LogP contribution in [0.15, 0.2) is 53.0 Å². The Morgan fingerprint density at radius 1 is 1.04 bits per heavy atom. The third-order valence-corrected chi connectivity index (χ3v) is 9.88. The van der Waals surface area contributed by atoms with E-state index < -0.39 is 64.1 Å². The van der Waals surface area contributed by atoms with Crippen molar-refractivity contribution in [1.82, 2.24) is 9.80 Å². The van der Waals surface area contributed by atoms with Gasteiger partial charge in [-0.25, -0.2) is 4.79 Å². The quantitative estimate of drug-likeness (QED) is 0.234. The number of nitrogens with one attached hydrogen (secondary N) is 1. The van der Waals surface area contributed by atoms with Crippen LogP contribution in [0, 0.1) is 24.2 Å². The molecule has 0 unspecified atom stereocenters. The standard InChI is InChI=1S/C37H47N5O8/c1-18-9-11-21(12-10-18)39-35(49)42(17-36(2,3)4)16-20-15-24(40(5)6)22-13-19-14-23-28(41(7)8)31(45)27(34(38)48)33(47)37(23,50)32(46)25(19)30(44)26(22)29(20)43/h9-12,15,19,23,28,43,45-46,50H,13-14,16-17H2,1-8H3,(H2,38,48)(H,39,49)/t19-,23-,28-,37-/m0/s1. The van der Waals surface area contributed by atoms with Crippen LogP contribution in [0.3, 0.4) is 0 Å². The van der Waals surface area contributed by atoms with Gasteiger partial charge in [-0.05, 0) is 69.0 Å². The number of hydrogen-bond donors (Lipinski definition) is 6. The van der Waals surface area contributed by atoms with E-state index in [-0.39, 0.29) is 47.3 Å². The number of benzene rings is 2. The van der Waals surface area contributed by atoms with Crippen molar-refractivity contribution in [1.29, 1.82) is 0 Å². The predicted octanol–water partition coefficient (Wildman–Crippen LogP) is 3.58. The maximum atomic E-state index is 14.5. The van der Waals surface area contributed by atoms with Crippen LogP contribution in [0.1, 0.15) is 54.2 Å². The van der Waals surface area contributed by atoms with Gasteiger partial charge in [0.2, 0.25) is 5.78 Å². The summed E-state index contributed by atoms with van der Waals surface area (Å²) in [7, 11) is 6.75. The van der Waals surface area contributed by atoms with E-state index in [0.29, 0.717) is 23.5 Å². The Morgan fingerprint density at radius 2 is 1.66 bits per heavy atom. The number of Topliss-reactive ketones (excluding diaryl/α,β-unsaturated/α-hetero) is 2. The number of allylic oxidation sites excluding steroid dienone is 1. The van der Waals surface area contributed by atoms with Crippen molar-refractivity contribution < 1.29 is 39.6 Å². The van der Waals surface area contributed by atoms with E-state index in [1.807, 2.05) is 39.8 Å². The molecular formula is C37H47N5O8. The molecule has 13 heteroatoms. The molecule has 0 saturated carbocycles. The monoisotopic (exact) mass is 689 g/mol. The van der Waals surface area contributed by atoms with Crippen LogP contribution in [0.2, 0.25) is 0 Å². The summed E-state index contributed by atoms with van der Waals surface area (Å²) in [5.41, 5.74) is 4.18. The summed E-state index contributed by atoms with van der Waals surface area (Å²) in [5.74, 6) is -7.13. The van der Waals surface area contributed by atoms with Gasteiger partial charge in [0.25, 0.3) is 5.91 Å². The Labute approximate surface area is 291 Å². The summed E-state index contributed by atoms with van der Waals surface area (Å²) in [6, 6.07) is 7.60. The number of aliphatic hydroxyl groups is 3. The number of amides is 3. The van der Waals surface area contributed by atoms with Crippen LogP contribution in [0.5, 0.6) is 5.75 Å². The Hall–Kier alpha value is -4.88. The molecule has 0 aliphatic heterocycles. The van der Waals surface area contributed by atoms with Crippen LogP contribution >= 0.6 is 0 Å². The lowest BCUT2D eigenvalue weighted by atomic mass is 9.58. The Kier molecular flexibility index (Phi) is 9.30. The predicted molar refractivity (Wildman–Crippen MR) is 188 cm³/mol. The zero-order valence-corrected chi connectivity index (χ0v) is 29.8. The minimum Gasteiger partial charge on any atom is -0.510 e. The van der Waals surface area contributed by atoms with Gasteiger partial charge in [0.15, 0.2) is 11.4 Å². The van der Waals surface area contributed by atoms with Gasteiger partial charge in [0.05, 0.1) is 18.2 Å². The second-order valence-electron chi connectivity index (χ2n) is 15.3. The van der Waals surface area contributed by atoms with E-state index >= 15 is 0 Å². The summed E-state index contributed by atoms with van der Waals surface area (Å²) in [6.45, 7) is 8.09. The molecule has 2 aromatic carbocycles. The average molecular weight is 690 g/mol. The highest BCUT2D eigenvalue weighted by molar-refractivity contribution is 6.25. The third-order valence-electron chi connectivity index (χ3n) is 9.88. The number of fused-ring (bicyclic) bond motifs is 3. The number of aromatic hydroxyl groups is 1. The number of aliphatic hydroxyl groups excluding tert-OH is 2. The highest BCUT2D eigenvalue weighted by atomic mass is 16.3. The third kappa shape index (κ3) is 6.09. The van der Waals surface area contributed by atoms with Gasteiger partial charge in [-0.3, -0.25) is 19.3 Å². The molecule has 7 N–H and O–H groups in total. The van der Waals surface area contributed by atoms with E-state index in [9.17, 15) is 39.6 Å². The Morgan fingerprint density at radius 3 is 2.20 bits per heavy atom. The van der Waals surface area contributed by atoms with Gasteiger partial charge < -0.3 is 41.3 Å². The molecule has 3 amide bonds. The molecule has 2 aromatic rings. The van der Waals surface area contributed by atoms with Crippen molar-refractivity contribution in [2.45, 2.75) is 58.7 Å². The minimum atomic E-state index is -2.74. The van der Waals surface area contributed by atoms with Crippen LogP contribution < -0.4 is 16.0 Å². The van der Waals surface area contributed by atoms with E-state index in [0.717, 1.165) is 5.56 Å². The number of carbonyl (C=O) groups is 4. The number of ketones is 2. The van der Waals surface area contributed by atoms with E-state index in [1.165, 1.54) is 4.90 Å². The molecule has 0 spiro atoms. The van der Waals surface area contributed by atoms with Gasteiger partial charge in [0.1, 0.15) is 22.8 Å². The van der Waals surface area contributed by atoms with Gasteiger partial charge in [-0.15, -0.1) is 0 Å². The van der Waals surface area contributed by atoms with E-state index in [2.05, 4.69) is 5.32 Å². The normalized spacial score (nSPS) is 23.4. The van der Waals surface area contributed by atoms with E-state index in [1.54, 1.807) is 56.2 Å². The summed E-state index contributed by atoms with van der Waals surface area (Å²) in [4.78, 5) is 59.0. The molecule has 0 fully saturated rings. The molecule has 0 bridgehead atoms. The number of phenols is 1. The summed E-state index contributed by atoms with van der Waals surface area (Å²) in [6.07, 6.45) is 0.134. The van der Waals surface area contributed by atoms with Gasteiger partial charge in [0, 0.05) is 49.1 Å². The van der Waals surface area contributed by atoms with Gasteiger partial charge in [-0.2, -0.15) is 0 Å². The molecule has 0 aromatic heterocycles. The van der Waals surface area contributed by atoms with Crippen molar-refractivity contribution in [3.63, 3.8) is 0 Å². The second kappa shape index (κ2) is 12.8. The first-order chi connectivity index (χ1) is 23.2. The first-order valence-electron chi connectivity index (χ1n) is 16.5. The highest BCUT2D eigenvalue weighted by Crippen LogP contribution is 2.53. The SMILES string of the molecule is Cc1ccc(NC(=O)N(Cc2cc(N(C)C)c3c(c2O)C(=O)C2=C(O)[C@]4(O)C(=O)C(C(N)=O)=C(O)[C@@H](N(C)C)[C@@H]4C[C@@H]2C3)CC(C)(C)C)cc1. The summed E-state index contributed by atoms with van der Waals surface area (Å²) >= 11 is 0. The lowest BCUT2D eigenvalue weighted by Gasteiger charge is -2.50. The number of anilines is 2. The number of carbonyl (C=O) groups excluding carboxylic acids is 4. The second-order valence-corrected chi connectivity index (χ2v) is 15.3. The van der Waals surface area contributed by atoms with Crippen molar-refractivity contribution in [3.8, 4) is 5.75 Å². The van der Waals surface area contributed by atoms with Crippen LogP contribution in [-0.2, 0) is 22.6 Å². The van der Waals surface area contributed by atoms with Crippen LogP contribution in [0.4, 0.5) is 16.2 Å². The number of hydrogen-bond acceptors (Lipinski definition) is 10. The highest BCUT2D eigenvalue weighted by Gasteiger charge is 2.63. The van der Waals surface area contributed by atoms with Crippen molar-refractivity contribution in [3.05, 3.63) is 75.3 Å². The molecule has 0 heterocycles. The maximum Gasteiger partial charge on any atom is 0.322 e. The molecular weight excluding hydrogens is 642 g/mol. The zero-order chi connectivity index (χ0) is 37.2. The fraction of sp³-hybridized carbons (Fsp3) is 0.459. The molecule has 268 valence electrons. The van der Waals surface area contributed by atoms with Crippen LogP contribution in [-0.4, -0.2) is 100 Å². The number of likely N-dealkylation sites (N-methyl/N-ethyl adjacent to an activating group) is 1. The Balaban J connectivity index is 1.62. The molecule has 4 atom stereocenters. The molecule has 3 aliphatic rings. The van der Waals surface area contributed by atoms with Gasteiger partial charge in [-0.1, -0.05) is 38.5 Å². The van der Waals surface area contributed by atoms with Crippen molar-refractivity contribution in [2.24, 2.45) is 23.0 Å². The number of phenolic OH excluding ortho intramolecular Hbond substituents is 1. The lowest BCUT2D eigenvalue weighted by Crippen LogP contribution is -2.63. The number of nitrogens with two attached hydrogens (primary N) is 1. The number of nitrogens with zero attached hydrogens (tertiary/aromatic N) is 3. The van der Waals surface area contributed by atoms with Crippen LogP contribution in [0.25, 0.3) is 0 Å². The number of urea groups is 1. The molecule has 0 radical (unpaired) electrons. The topological polar surface area (TPSA) is 197 Å². The first kappa shape index (κ1) is 36.4.